The molecule has 0 amide bonds. The summed E-state index contributed by atoms with van der Waals surface area (Å²) in [5.41, 5.74) is 7.24. The maximum Gasteiger partial charge on any atom is 0.123 e. The maximum atomic E-state index is 5.99. The highest BCUT2D eigenvalue weighted by molar-refractivity contribution is 5.33. The maximum absolute atomic E-state index is 5.99. The second kappa shape index (κ2) is 4.21. The van der Waals surface area contributed by atoms with Crippen molar-refractivity contribution in [3.05, 3.63) is 29.8 Å². The summed E-state index contributed by atoms with van der Waals surface area (Å²) in [4.78, 5) is 0. The Kier molecular flexibility index (Phi) is 2.93. The van der Waals surface area contributed by atoms with Gasteiger partial charge in [-0.25, -0.2) is 0 Å². The molecule has 0 radical (unpaired) electrons. The lowest BCUT2D eigenvalue weighted by molar-refractivity contribution is 0.407. The van der Waals surface area contributed by atoms with Crippen molar-refractivity contribution < 1.29 is 4.74 Å². The molecule has 1 saturated carbocycles. The van der Waals surface area contributed by atoms with E-state index in [0.29, 0.717) is 0 Å². The average Bonchev–Trinajstić information content (AvgIpc) is 2.97. The van der Waals surface area contributed by atoms with Crippen LogP contribution in [0.15, 0.2) is 24.3 Å². The number of benzene rings is 1. The van der Waals surface area contributed by atoms with Gasteiger partial charge >= 0.3 is 0 Å². The highest BCUT2D eigenvalue weighted by atomic mass is 16.5. The van der Waals surface area contributed by atoms with E-state index in [1.807, 2.05) is 18.2 Å². The fourth-order valence-electron chi connectivity index (χ4n) is 1.63. The minimum atomic E-state index is 0.0714. The summed E-state index contributed by atoms with van der Waals surface area (Å²) < 4.78 is 5.27. The number of nitrogens with two attached hydrogens (primary N) is 1. The average molecular weight is 206 g/mol. The molecule has 1 aromatic rings. The van der Waals surface area contributed by atoms with Crippen molar-refractivity contribution in [2.75, 3.05) is 13.7 Å². The van der Waals surface area contributed by atoms with Gasteiger partial charge in [0.15, 0.2) is 0 Å². The molecule has 3 nitrogen and oxygen atoms in total. The third-order valence-corrected chi connectivity index (χ3v) is 2.88. The summed E-state index contributed by atoms with van der Waals surface area (Å²) in [6.45, 7) is 1.72. The van der Waals surface area contributed by atoms with E-state index in [-0.39, 0.29) is 5.54 Å². The number of hydrogen-bond donors (Lipinski definition) is 2. The second-order valence-corrected chi connectivity index (χ2v) is 4.28. The van der Waals surface area contributed by atoms with E-state index in [0.717, 1.165) is 31.7 Å². The van der Waals surface area contributed by atoms with E-state index in [1.54, 1.807) is 7.11 Å². The largest absolute Gasteiger partial charge is 0.496 e. The molecule has 1 aliphatic rings. The Morgan fingerprint density at radius 3 is 2.80 bits per heavy atom. The third kappa shape index (κ3) is 2.70. The third-order valence-electron chi connectivity index (χ3n) is 2.88. The number of ether oxygens (including phenoxy) is 1. The van der Waals surface area contributed by atoms with Crippen LogP contribution in [0.25, 0.3) is 0 Å². The van der Waals surface area contributed by atoms with Crippen LogP contribution in [-0.2, 0) is 6.54 Å². The van der Waals surface area contributed by atoms with Gasteiger partial charge in [-0.2, -0.15) is 0 Å². The minimum absolute atomic E-state index is 0.0714. The van der Waals surface area contributed by atoms with Crippen molar-refractivity contribution in [1.82, 2.24) is 5.32 Å². The van der Waals surface area contributed by atoms with E-state index >= 15 is 0 Å². The Morgan fingerprint density at radius 1 is 1.40 bits per heavy atom. The molecule has 0 bridgehead atoms. The zero-order valence-corrected chi connectivity index (χ0v) is 9.12. The van der Waals surface area contributed by atoms with Crippen molar-refractivity contribution in [3.8, 4) is 5.75 Å². The summed E-state index contributed by atoms with van der Waals surface area (Å²) in [6, 6.07) is 8.05. The molecular formula is C12H18N2O. The van der Waals surface area contributed by atoms with Gasteiger partial charge in [-0.05, 0) is 18.9 Å². The molecule has 3 heteroatoms. The van der Waals surface area contributed by atoms with E-state index in [1.165, 1.54) is 5.56 Å². The van der Waals surface area contributed by atoms with Crippen molar-refractivity contribution in [3.63, 3.8) is 0 Å². The fraction of sp³-hybridized carbons (Fsp3) is 0.500. The van der Waals surface area contributed by atoms with Gasteiger partial charge in [-0.1, -0.05) is 18.2 Å². The highest BCUT2D eigenvalue weighted by Gasteiger charge is 2.37. The van der Waals surface area contributed by atoms with Gasteiger partial charge in [0, 0.05) is 24.2 Å². The monoisotopic (exact) mass is 206 g/mol. The Bertz CT molecular complexity index is 334. The number of methoxy groups -OCH3 is 1. The van der Waals surface area contributed by atoms with Crippen LogP contribution in [0.3, 0.4) is 0 Å². The van der Waals surface area contributed by atoms with Crippen molar-refractivity contribution in [2.45, 2.75) is 24.9 Å². The highest BCUT2D eigenvalue weighted by Crippen LogP contribution is 2.31. The predicted octanol–water partition coefficient (Wildman–Crippen LogP) is 1.28. The molecule has 0 heterocycles. The van der Waals surface area contributed by atoms with Crippen LogP contribution < -0.4 is 15.8 Å². The Morgan fingerprint density at radius 2 is 2.13 bits per heavy atom. The lowest BCUT2D eigenvalue weighted by Crippen LogP contribution is -2.35. The Hall–Kier alpha value is -1.06. The van der Waals surface area contributed by atoms with Gasteiger partial charge in [0.25, 0.3) is 0 Å². The Balaban J connectivity index is 1.86. The molecule has 2 rings (SSSR count). The van der Waals surface area contributed by atoms with Crippen LogP contribution in [0.2, 0.25) is 0 Å². The van der Waals surface area contributed by atoms with Gasteiger partial charge in [-0.15, -0.1) is 0 Å². The van der Waals surface area contributed by atoms with Gasteiger partial charge in [0.2, 0.25) is 0 Å². The second-order valence-electron chi connectivity index (χ2n) is 4.28. The van der Waals surface area contributed by atoms with Crippen molar-refractivity contribution in [2.24, 2.45) is 5.73 Å². The summed E-state index contributed by atoms with van der Waals surface area (Å²) in [5.74, 6) is 0.937. The normalized spacial score (nSPS) is 17.5. The number of nitrogens with one attached hydrogen (secondary N) is 1. The standard InChI is InChI=1S/C12H18N2O/c1-15-11-5-3-2-4-10(11)8-14-9-12(13)6-7-12/h2-5,14H,6-9,13H2,1H3. The van der Waals surface area contributed by atoms with E-state index in [4.69, 9.17) is 10.5 Å². The van der Waals surface area contributed by atoms with Gasteiger partial charge in [0.1, 0.15) is 5.75 Å². The minimum Gasteiger partial charge on any atom is -0.496 e. The van der Waals surface area contributed by atoms with E-state index in [2.05, 4.69) is 11.4 Å². The van der Waals surface area contributed by atoms with Crippen LogP contribution >= 0.6 is 0 Å². The molecule has 15 heavy (non-hydrogen) atoms. The molecule has 0 aliphatic heterocycles. The van der Waals surface area contributed by atoms with Gasteiger partial charge in [0.05, 0.1) is 7.11 Å². The molecule has 0 spiro atoms. The van der Waals surface area contributed by atoms with Crippen LogP contribution in [0.1, 0.15) is 18.4 Å². The lowest BCUT2D eigenvalue weighted by atomic mass is 10.2. The quantitative estimate of drug-likeness (QED) is 0.763. The molecule has 0 aromatic heterocycles. The molecule has 1 aromatic carbocycles. The van der Waals surface area contributed by atoms with Crippen molar-refractivity contribution in [1.29, 1.82) is 0 Å². The first-order valence-electron chi connectivity index (χ1n) is 5.35. The first kappa shape index (κ1) is 10.5. The van der Waals surface area contributed by atoms with Crippen LogP contribution in [0.4, 0.5) is 0 Å². The van der Waals surface area contributed by atoms with Crippen LogP contribution in [0.5, 0.6) is 5.75 Å². The first-order chi connectivity index (χ1) is 7.23. The molecule has 3 N–H and O–H groups in total. The number of rotatable bonds is 5. The first-order valence-corrected chi connectivity index (χ1v) is 5.35. The molecule has 0 atom stereocenters. The Labute approximate surface area is 90.6 Å². The summed E-state index contributed by atoms with van der Waals surface area (Å²) in [5, 5.41) is 3.37. The lowest BCUT2D eigenvalue weighted by Gasteiger charge is -2.12. The summed E-state index contributed by atoms with van der Waals surface area (Å²) in [6.07, 6.45) is 2.29. The topological polar surface area (TPSA) is 47.3 Å². The van der Waals surface area contributed by atoms with Crippen LogP contribution in [0, 0.1) is 0 Å². The fourth-order valence-corrected chi connectivity index (χ4v) is 1.63. The van der Waals surface area contributed by atoms with E-state index < -0.39 is 0 Å². The number of para-hydroxylation sites is 1. The molecule has 0 unspecified atom stereocenters. The van der Waals surface area contributed by atoms with Gasteiger partial charge in [-0.3, -0.25) is 0 Å². The summed E-state index contributed by atoms with van der Waals surface area (Å²) in [7, 11) is 1.70. The van der Waals surface area contributed by atoms with Crippen LogP contribution in [-0.4, -0.2) is 19.2 Å². The summed E-state index contributed by atoms with van der Waals surface area (Å²) >= 11 is 0. The molecule has 1 fully saturated rings. The zero-order valence-electron chi connectivity index (χ0n) is 9.12. The SMILES string of the molecule is COc1ccccc1CNCC1(N)CC1. The van der Waals surface area contributed by atoms with Gasteiger partial charge < -0.3 is 15.8 Å². The zero-order chi connectivity index (χ0) is 10.7. The smallest absolute Gasteiger partial charge is 0.123 e. The van der Waals surface area contributed by atoms with Crippen molar-refractivity contribution >= 4 is 0 Å². The molecule has 82 valence electrons. The molecular weight excluding hydrogens is 188 g/mol. The number of hydrogen-bond acceptors (Lipinski definition) is 3. The van der Waals surface area contributed by atoms with E-state index in [9.17, 15) is 0 Å². The molecule has 0 saturated heterocycles. The molecule has 1 aliphatic carbocycles. The predicted molar refractivity (Wildman–Crippen MR) is 60.9 cm³/mol.